The number of benzene rings is 1. The first-order valence-electron chi connectivity index (χ1n) is 10.4. The SMILES string of the molecule is CC(C)(C)OC(=O)NC1CCN(Cc2ccc(C(=O)Nc3ccnc(Cl)c3)cc2)CC1. The molecule has 1 aromatic carbocycles. The van der Waals surface area contributed by atoms with Gasteiger partial charge in [-0.15, -0.1) is 0 Å². The van der Waals surface area contributed by atoms with Crippen LogP contribution in [-0.2, 0) is 11.3 Å². The third-order valence-electron chi connectivity index (χ3n) is 4.92. The van der Waals surface area contributed by atoms with Crippen LogP contribution in [0.15, 0.2) is 42.6 Å². The number of hydrogen-bond acceptors (Lipinski definition) is 5. The maximum Gasteiger partial charge on any atom is 0.407 e. The summed E-state index contributed by atoms with van der Waals surface area (Å²) < 4.78 is 5.33. The van der Waals surface area contributed by atoms with E-state index in [1.807, 2.05) is 45.0 Å². The normalized spacial score (nSPS) is 15.4. The van der Waals surface area contributed by atoms with Crippen LogP contribution in [0.1, 0.15) is 49.5 Å². The first kappa shape index (κ1) is 23.0. The number of nitrogens with zero attached hydrogens (tertiary/aromatic N) is 2. The summed E-state index contributed by atoms with van der Waals surface area (Å²) in [5.74, 6) is -0.192. The number of anilines is 1. The summed E-state index contributed by atoms with van der Waals surface area (Å²) in [7, 11) is 0. The van der Waals surface area contributed by atoms with E-state index >= 15 is 0 Å². The van der Waals surface area contributed by atoms with Crippen LogP contribution in [0.2, 0.25) is 5.15 Å². The highest BCUT2D eigenvalue weighted by Gasteiger charge is 2.23. The number of hydrogen-bond donors (Lipinski definition) is 2. The summed E-state index contributed by atoms with van der Waals surface area (Å²) in [6.07, 6.45) is 2.96. The van der Waals surface area contributed by atoms with Crippen molar-refractivity contribution in [3.8, 4) is 0 Å². The van der Waals surface area contributed by atoms with Crippen molar-refractivity contribution in [1.82, 2.24) is 15.2 Å². The van der Waals surface area contributed by atoms with Gasteiger partial charge in [0, 0.05) is 43.1 Å². The van der Waals surface area contributed by atoms with Crippen molar-refractivity contribution in [1.29, 1.82) is 0 Å². The Morgan fingerprint density at radius 3 is 2.45 bits per heavy atom. The molecule has 0 aliphatic carbocycles. The fourth-order valence-corrected chi connectivity index (χ4v) is 3.59. The van der Waals surface area contributed by atoms with Crippen molar-refractivity contribution in [2.75, 3.05) is 18.4 Å². The van der Waals surface area contributed by atoms with Crippen LogP contribution < -0.4 is 10.6 Å². The van der Waals surface area contributed by atoms with Crippen LogP contribution in [0.5, 0.6) is 0 Å². The Morgan fingerprint density at radius 2 is 1.84 bits per heavy atom. The minimum atomic E-state index is -0.487. The van der Waals surface area contributed by atoms with Gasteiger partial charge in [0.1, 0.15) is 10.8 Å². The van der Waals surface area contributed by atoms with E-state index in [-0.39, 0.29) is 18.0 Å². The van der Waals surface area contributed by atoms with Crippen molar-refractivity contribution in [3.05, 3.63) is 58.9 Å². The van der Waals surface area contributed by atoms with Crippen molar-refractivity contribution >= 4 is 29.3 Å². The van der Waals surface area contributed by atoms with Gasteiger partial charge in [-0.1, -0.05) is 23.7 Å². The summed E-state index contributed by atoms with van der Waals surface area (Å²) >= 11 is 5.85. The van der Waals surface area contributed by atoms with E-state index in [0.29, 0.717) is 16.4 Å². The van der Waals surface area contributed by atoms with Gasteiger partial charge in [0.05, 0.1) is 0 Å². The lowest BCUT2D eigenvalue weighted by Crippen LogP contribution is -2.45. The Balaban J connectivity index is 1.45. The topological polar surface area (TPSA) is 83.6 Å². The van der Waals surface area contributed by atoms with Crippen LogP contribution >= 0.6 is 11.6 Å². The van der Waals surface area contributed by atoms with Gasteiger partial charge in [0.15, 0.2) is 0 Å². The summed E-state index contributed by atoms with van der Waals surface area (Å²) in [4.78, 5) is 30.6. The predicted molar refractivity (Wildman–Crippen MR) is 121 cm³/mol. The zero-order valence-corrected chi connectivity index (χ0v) is 18.9. The van der Waals surface area contributed by atoms with Gasteiger partial charge < -0.3 is 15.4 Å². The number of aromatic nitrogens is 1. The molecule has 2 amide bonds. The molecule has 0 saturated carbocycles. The van der Waals surface area contributed by atoms with Gasteiger partial charge in [0.2, 0.25) is 0 Å². The van der Waals surface area contributed by atoms with Crippen LogP contribution in [0.25, 0.3) is 0 Å². The number of carbonyl (C=O) groups excluding carboxylic acids is 2. The van der Waals surface area contributed by atoms with Gasteiger partial charge >= 0.3 is 6.09 Å². The average molecular weight is 445 g/mol. The molecule has 1 fully saturated rings. The number of likely N-dealkylation sites (tertiary alicyclic amines) is 1. The molecule has 7 nitrogen and oxygen atoms in total. The second-order valence-corrected chi connectivity index (χ2v) is 9.10. The highest BCUT2D eigenvalue weighted by molar-refractivity contribution is 6.29. The number of rotatable bonds is 5. The smallest absolute Gasteiger partial charge is 0.407 e. The monoisotopic (exact) mass is 444 g/mol. The molecule has 2 heterocycles. The molecule has 0 bridgehead atoms. The average Bonchev–Trinajstić information content (AvgIpc) is 2.68. The van der Waals surface area contributed by atoms with E-state index in [2.05, 4.69) is 20.5 Å². The van der Waals surface area contributed by atoms with Crippen molar-refractivity contribution < 1.29 is 14.3 Å². The second kappa shape index (κ2) is 10.1. The third-order valence-corrected chi connectivity index (χ3v) is 5.12. The van der Waals surface area contributed by atoms with Crippen LogP contribution in [-0.4, -0.2) is 46.6 Å². The number of alkyl carbamates (subject to hydrolysis) is 1. The summed E-state index contributed by atoms with van der Waals surface area (Å²) in [5.41, 5.74) is 1.84. The van der Waals surface area contributed by atoms with E-state index in [1.54, 1.807) is 18.3 Å². The summed E-state index contributed by atoms with van der Waals surface area (Å²) in [6.45, 7) is 8.18. The molecule has 1 aliphatic rings. The number of amides is 2. The summed E-state index contributed by atoms with van der Waals surface area (Å²) in [6, 6.07) is 11.0. The Morgan fingerprint density at radius 1 is 1.16 bits per heavy atom. The second-order valence-electron chi connectivity index (χ2n) is 8.71. The molecule has 0 radical (unpaired) electrons. The maximum absolute atomic E-state index is 12.4. The highest BCUT2D eigenvalue weighted by Crippen LogP contribution is 2.17. The molecule has 3 rings (SSSR count). The molecule has 2 N–H and O–H groups in total. The lowest BCUT2D eigenvalue weighted by molar-refractivity contribution is 0.0477. The van der Waals surface area contributed by atoms with Gasteiger partial charge in [-0.2, -0.15) is 0 Å². The largest absolute Gasteiger partial charge is 0.444 e. The fourth-order valence-electron chi connectivity index (χ4n) is 3.41. The zero-order valence-electron chi connectivity index (χ0n) is 18.2. The van der Waals surface area contributed by atoms with E-state index < -0.39 is 5.60 Å². The number of nitrogens with one attached hydrogen (secondary N) is 2. The van der Waals surface area contributed by atoms with E-state index in [9.17, 15) is 9.59 Å². The molecular formula is C23H29ClN4O3. The van der Waals surface area contributed by atoms with E-state index in [4.69, 9.17) is 16.3 Å². The molecule has 8 heteroatoms. The standard InChI is InChI=1S/C23H29ClN4O3/c1-23(2,3)31-22(30)27-18-9-12-28(13-10-18)15-16-4-6-17(7-5-16)21(29)26-19-8-11-25-20(24)14-19/h4-8,11,14,18H,9-10,12-13,15H2,1-3H3,(H,27,30)(H,25,26,29). The van der Waals surface area contributed by atoms with E-state index in [1.165, 1.54) is 0 Å². The van der Waals surface area contributed by atoms with Crippen LogP contribution in [0.4, 0.5) is 10.5 Å². The number of pyridine rings is 1. The third kappa shape index (κ3) is 7.52. The first-order chi connectivity index (χ1) is 14.7. The Bertz CT molecular complexity index is 904. The van der Waals surface area contributed by atoms with Crippen molar-refractivity contribution in [2.45, 2.75) is 51.8 Å². The number of piperidine rings is 1. The molecule has 0 atom stereocenters. The van der Waals surface area contributed by atoms with Crippen LogP contribution in [0.3, 0.4) is 0 Å². The minimum Gasteiger partial charge on any atom is -0.444 e. The first-order valence-corrected chi connectivity index (χ1v) is 10.8. The minimum absolute atomic E-state index is 0.138. The van der Waals surface area contributed by atoms with Gasteiger partial charge in [-0.3, -0.25) is 9.69 Å². The fraction of sp³-hybridized carbons (Fsp3) is 0.435. The summed E-state index contributed by atoms with van der Waals surface area (Å²) in [5, 5.41) is 6.11. The van der Waals surface area contributed by atoms with Crippen LogP contribution in [0, 0.1) is 0 Å². The predicted octanol–water partition coefficient (Wildman–Crippen LogP) is 4.48. The van der Waals surface area contributed by atoms with Gasteiger partial charge in [-0.25, -0.2) is 9.78 Å². The van der Waals surface area contributed by atoms with Crippen molar-refractivity contribution in [3.63, 3.8) is 0 Å². The van der Waals surface area contributed by atoms with Gasteiger partial charge in [0.25, 0.3) is 5.91 Å². The number of halogens is 1. The number of ether oxygens (including phenoxy) is 1. The lowest BCUT2D eigenvalue weighted by Gasteiger charge is -2.32. The zero-order chi connectivity index (χ0) is 22.4. The maximum atomic E-state index is 12.4. The molecular weight excluding hydrogens is 416 g/mol. The Labute approximate surface area is 188 Å². The molecule has 166 valence electrons. The Kier molecular flexibility index (Phi) is 7.51. The highest BCUT2D eigenvalue weighted by atomic mass is 35.5. The van der Waals surface area contributed by atoms with Gasteiger partial charge in [-0.05, 0) is 63.4 Å². The number of carbonyl (C=O) groups is 2. The van der Waals surface area contributed by atoms with E-state index in [0.717, 1.165) is 38.0 Å². The molecule has 1 aliphatic heterocycles. The molecule has 1 aromatic heterocycles. The molecule has 2 aromatic rings. The molecule has 1 saturated heterocycles. The lowest BCUT2D eigenvalue weighted by atomic mass is 10.0. The van der Waals surface area contributed by atoms with Crippen molar-refractivity contribution in [2.24, 2.45) is 0 Å². The molecule has 0 unspecified atom stereocenters. The molecule has 31 heavy (non-hydrogen) atoms. The Hall–Kier alpha value is -2.64. The quantitative estimate of drug-likeness (QED) is 0.664. The molecule has 0 spiro atoms.